The Morgan fingerprint density at radius 2 is 2.12 bits per heavy atom. The minimum atomic E-state index is 0.378. The fourth-order valence-electron chi connectivity index (χ4n) is 1.87. The third-order valence-corrected chi connectivity index (χ3v) is 3.44. The fourth-order valence-corrected chi connectivity index (χ4v) is 2.26. The molecule has 0 aromatic heterocycles. The van der Waals surface area contributed by atoms with Crippen molar-refractivity contribution in [1.82, 2.24) is 4.90 Å². The van der Waals surface area contributed by atoms with Gasteiger partial charge in [0.15, 0.2) is 0 Å². The highest BCUT2D eigenvalue weighted by Gasteiger charge is 2.14. The van der Waals surface area contributed by atoms with Crippen LogP contribution in [-0.4, -0.2) is 23.0 Å². The molecule has 1 aromatic carbocycles. The summed E-state index contributed by atoms with van der Waals surface area (Å²) < 4.78 is 0. The molecule has 0 fully saturated rings. The second-order valence-electron chi connectivity index (χ2n) is 4.24. The van der Waals surface area contributed by atoms with Crippen LogP contribution >= 0.6 is 23.8 Å². The Kier molecular flexibility index (Phi) is 5.89. The SMILES string of the molecule is CCC(CC(N)=S)N(C)Cc1ccccc1Cl. The van der Waals surface area contributed by atoms with Gasteiger partial charge in [-0.15, -0.1) is 0 Å². The van der Waals surface area contributed by atoms with Crippen molar-refractivity contribution in [2.24, 2.45) is 5.73 Å². The van der Waals surface area contributed by atoms with E-state index in [0.717, 1.165) is 30.0 Å². The molecule has 0 radical (unpaired) electrons. The molecule has 1 rings (SSSR count). The summed E-state index contributed by atoms with van der Waals surface area (Å²) in [5.41, 5.74) is 6.75. The highest BCUT2D eigenvalue weighted by molar-refractivity contribution is 7.80. The van der Waals surface area contributed by atoms with Crippen LogP contribution in [0.2, 0.25) is 5.02 Å². The summed E-state index contributed by atoms with van der Waals surface area (Å²) in [6.45, 7) is 2.97. The van der Waals surface area contributed by atoms with Crippen LogP contribution in [0.4, 0.5) is 0 Å². The molecule has 0 aliphatic rings. The van der Waals surface area contributed by atoms with Gasteiger partial charge in [0.1, 0.15) is 0 Å². The van der Waals surface area contributed by atoms with Crippen LogP contribution in [0.3, 0.4) is 0 Å². The summed E-state index contributed by atoms with van der Waals surface area (Å²) in [6, 6.07) is 8.29. The van der Waals surface area contributed by atoms with Crippen LogP contribution in [0, 0.1) is 0 Å². The molecule has 2 N–H and O–H groups in total. The first kappa shape index (κ1) is 14.4. The van der Waals surface area contributed by atoms with E-state index in [1.165, 1.54) is 0 Å². The first-order valence-corrected chi connectivity index (χ1v) is 6.55. The summed E-state index contributed by atoms with van der Waals surface area (Å²) in [5.74, 6) is 0. The van der Waals surface area contributed by atoms with Crippen LogP contribution in [-0.2, 0) is 6.54 Å². The Labute approximate surface area is 114 Å². The maximum absolute atomic E-state index is 6.14. The van der Waals surface area contributed by atoms with Gasteiger partial charge < -0.3 is 5.73 Å². The van der Waals surface area contributed by atoms with Gasteiger partial charge in [0, 0.05) is 24.0 Å². The molecule has 1 aromatic rings. The normalized spacial score (nSPS) is 12.7. The quantitative estimate of drug-likeness (QED) is 0.805. The number of nitrogens with zero attached hydrogens (tertiary/aromatic N) is 1. The lowest BCUT2D eigenvalue weighted by Gasteiger charge is -2.27. The molecule has 2 nitrogen and oxygen atoms in total. The van der Waals surface area contributed by atoms with Crippen molar-refractivity contribution in [3.05, 3.63) is 34.9 Å². The summed E-state index contributed by atoms with van der Waals surface area (Å²) in [5, 5.41) is 0.810. The summed E-state index contributed by atoms with van der Waals surface area (Å²) in [6.07, 6.45) is 1.78. The zero-order chi connectivity index (χ0) is 12.8. The maximum atomic E-state index is 6.14. The molecule has 1 unspecified atom stereocenters. The van der Waals surface area contributed by atoms with Crippen molar-refractivity contribution in [2.45, 2.75) is 32.4 Å². The van der Waals surface area contributed by atoms with E-state index in [4.69, 9.17) is 29.6 Å². The van der Waals surface area contributed by atoms with Crippen molar-refractivity contribution in [2.75, 3.05) is 7.05 Å². The Hall–Kier alpha value is -0.640. The second-order valence-corrected chi connectivity index (χ2v) is 5.17. The number of nitrogens with two attached hydrogens (primary N) is 1. The van der Waals surface area contributed by atoms with Crippen LogP contribution < -0.4 is 5.73 Å². The zero-order valence-corrected chi connectivity index (χ0v) is 11.9. The summed E-state index contributed by atoms with van der Waals surface area (Å²) in [7, 11) is 2.08. The molecule has 0 aliphatic heterocycles. The van der Waals surface area contributed by atoms with Crippen molar-refractivity contribution in [3.8, 4) is 0 Å². The van der Waals surface area contributed by atoms with E-state index in [9.17, 15) is 0 Å². The van der Waals surface area contributed by atoms with Crippen LogP contribution in [0.5, 0.6) is 0 Å². The number of hydrogen-bond donors (Lipinski definition) is 1. The molecule has 0 bridgehead atoms. The average molecular weight is 271 g/mol. The predicted octanol–water partition coefficient (Wildman–Crippen LogP) is 3.23. The Bertz CT molecular complexity index is 381. The maximum Gasteiger partial charge on any atom is 0.0743 e. The van der Waals surface area contributed by atoms with Gasteiger partial charge in [-0.05, 0) is 25.1 Å². The van der Waals surface area contributed by atoms with E-state index >= 15 is 0 Å². The molecule has 94 valence electrons. The molecule has 0 amide bonds. The average Bonchev–Trinajstić information content (AvgIpc) is 2.28. The number of halogens is 1. The van der Waals surface area contributed by atoms with Crippen LogP contribution in [0.1, 0.15) is 25.3 Å². The lowest BCUT2D eigenvalue weighted by molar-refractivity contribution is 0.233. The van der Waals surface area contributed by atoms with E-state index in [1.54, 1.807) is 0 Å². The van der Waals surface area contributed by atoms with Crippen molar-refractivity contribution < 1.29 is 0 Å². The molecular formula is C13H19ClN2S. The molecular weight excluding hydrogens is 252 g/mol. The van der Waals surface area contributed by atoms with E-state index < -0.39 is 0 Å². The van der Waals surface area contributed by atoms with Crippen molar-refractivity contribution >= 4 is 28.8 Å². The third kappa shape index (κ3) is 4.62. The minimum Gasteiger partial charge on any atom is -0.393 e. The molecule has 0 saturated heterocycles. The van der Waals surface area contributed by atoms with Gasteiger partial charge in [-0.3, -0.25) is 4.90 Å². The topological polar surface area (TPSA) is 29.3 Å². The molecule has 17 heavy (non-hydrogen) atoms. The standard InChI is InChI=1S/C13H19ClN2S/c1-3-11(8-13(15)17)16(2)9-10-6-4-5-7-12(10)14/h4-7,11H,3,8-9H2,1-2H3,(H2,15,17). The van der Waals surface area contributed by atoms with E-state index in [-0.39, 0.29) is 0 Å². The third-order valence-electron chi connectivity index (χ3n) is 2.91. The van der Waals surface area contributed by atoms with Crippen molar-refractivity contribution in [1.29, 1.82) is 0 Å². The van der Waals surface area contributed by atoms with Gasteiger partial charge in [-0.25, -0.2) is 0 Å². The van der Waals surface area contributed by atoms with E-state index in [1.807, 2.05) is 24.3 Å². The van der Waals surface area contributed by atoms with E-state index in [0.29, 0.717) is 11.0 Å². The van der Waals surface area contributed by atoms with Gasteiger partial charge in [0.25, 0.3) is 0 Å². The van der Waals surface area contributed by atoms with Gasteiger partial charge in [0.2, 0.25) is 0 Å². The second kappa shape index (κ2) is 6.94. The van der Waals surface area contributed by atoms with Crippen molar-refractivity contribution in [3.63, 3.8) is 0 Å². The number of rotatable bonds is 6. The van der Waals surface area contributed by atoms with Crippen LogP contribution in [0.15, 0.2) is 24.3 Å². The number of hydrogen-bond acceptors (Lipinski definition) is 2. The Morgan fingerprint density at radius 1 is 1.47 bits per heavy atom. The highest BCUT2D eigenvalue weighted by Crippen LogP contribution is 2.18. The summed E-state index contributed by atoms with van der Waals surface area (Å²) >= 11 is 11.1. The molecule has 0 saturated carbocycles. The molecule has 0 spiro atoms. The summed E-state index contributed by atoms with van der Waals surface area (Å²) in [4.78, 5) is 2.82. The van der Waals surface area contributed by atoms with Crippen LogP contribution in [0.25, 0.3) is 0 Å². The number of thiocarbonyl (C=S) groups is 1. The largest absolute Gasteiger partial charge is 0.393 e. The fraction of sp³-hybridized carbons (Fsp3) is 0.462. The Balaban J connectivity index is 2.67. The first-order chi connectivity index (χ1) is 8.04. The van der Waals surface area contributed by atoms with E-state index in [2.05, 4.69) is 18.9 Å². The first-order valence-electron chi connectivity index (χ1n) is 5.76. The van der Waals surface area contributed by atoms with Gasteiger partial charge in [0.05, 0.1) is 4.99 Å². The van der Waals surface area contributed by atoms with Gasteiger partial charge in [-0.2, -0.15) is 0 Å². The molecule has 4 heteroatoms. The molecule has 0 heterocycles. The minimum absolute atomic E-state index is 0.378. The highest BCUT2D eigenvalue weighted by atomic mass is 35.5. The Morgan fingerprint density at radius 3 is 2.65 bits per heavy atom. The lowest BCUT2D eigenvalue weighted by Crippen LogP contribution is -2.34. The molecule has 0 aliphatic carbocycles. The van der Waals surface area contributed by atoms with Gasteiger partial charge in [-0.1, -0.05) is 48.9 Å². The lowest BCUT2D eigenvalue weighted by atomic mass is 10.1. The smallest absolute Gasteiger partial charge is 0.0743 e. The number of benzene rings is 1. The monoisotopic (exact) mass is 270 g/mol. The zero-order valence-electron chi connectivity index (χ0n) is 10.3. The van der Waals surface area contributed by atoms with Gasteiger partial charge >= 0.3 is 0 Å². The molecule has 1 atom stereocenters. The predicted molar refractivity (Wildman–Crippen MR) is 78.4 cm³/mol.